The highest BCUT2D eigenvalue weighted by molar-refractivity contribution is 7.88. The van der Waals surface area contributed by atoms with Gasteiger partial charge in [0.15, 0.2) is 11.6 Å². The third-order valence-electron chi connectivity index (χ3n) is 5.64. The van der Waals surface area contributed by atoms with Gasteiger partial charge in [0.2, 0.25) is 15.9 Å². The first-order valence-corrected chi connectivity index (χ1v) is 13.0. The van der Waals surface area contributed by atoms with E-state index in [-0.39, 0.29) is 41.2 Å². The predicted molar refractivity (Wildman–Crippen MR) is 130 cm³/mol. The Kier molecular flexibility index (Phi) is 8.72. The monoisotopic (exact) mass is 557 g/mol. The van der Waals surface area contributed by atoms with Crippen LogP contribution in [-0.2, 0) is 34.1 Å². The number of alkyl halides is 3. The lowest BCUT2D eigenvalue weighted by molar-refractivity contribution is -0.141. The number of rotatable bonds is 9. The molecule has 0 saturated carbocycles. The third kappa shape index (κ3) is 7.25. The van der Waals surface area contributed by atoms with Crippen molar-refractivity contribution in [3.8, 4) is 17.0 Å². The average Bonchev–Trinajstić information content (AvgIpc) is 2.84. The van der Waals surface area contributed by atoms with E-state index in [1.165, 1.54) is 38.3 Å². The standard InChI is InChI=1S/C25H24F5N3O4S/c1-14(15-4-5-17(19(26)10-15)13-32-38(3,35)36)24(34)31-12-18-7-9-22(25(28,29)30)33-23(18)16-6-8-21(37-2)20(27)11-16/h4-11,14,32H,12-13H2,1-3H3,(H,31,34). The van der Waals surface area contributed by atoms with Gasteiger partial charge >= 0.3 is 6.18 Å². The first kappa shape index (κ1) is 29.0. The van der Waals surface area contributed by atoms with Crippen LogP contribution in [0.5, 0.6) is 5.75 Å². The second-order valence-electron chi connectivity index (χ2n) is 8.43. The van der Waals surface area contributed by atoms with Gasteiger partial charge in [-0.2, -0.15) is 13.2 Å². The Labute approximate surface area is 216 Å². The molecule has 13 heteroatoms. The molecule has 1 heterocycles. The Hall–Kier alpha value is -3.58. The molecule has 0 radical (unpaired) electrons. The highest BCUT2D eigenvalue weighted by Gasteiger charge is 2.33. The minimum Gasteiger partial charge on any atom is -0.494 e. The topological polar surface area (TPSA) is 97.4 Å². The number of ether oxygens (including phenoxy) is 1. The number of amides is 1. The van der Waals surface area contributed by atoms with Crippen molar-refractivity contribution in [1.82, 2.24) is 15.0 Å². The lowest BCUT2D eigenvalue weighted by Crippen LogP contribution is -2.28. The fourth-order valence-electron chi connectivity index (χ4n) is 3.52. The second-order valence-corrected chi connectivity index (χ2v) is 10.3. The first-order chi connectivity index (χ1) is 17.7. The van der Waals surface area contributed by atoms with Crippen molar-refractivity contribution in [2.75, 3.05) is 13.4 Å². The van der Waals surface area contributed by atoms with Crippen LogP contribution in [-0.4, -0.2) is 32.7 Å². The fraction of sp³-hybridized carbons (Fsp3) is 0.280. The number of pyridine rings is 1. The maximum atomic E-state index is 14.5. The quantitative estimate of drug-likeness (QED) is 0.377. The van der Waals surface area contributed by atoms with E-state index in [1.54, 1.807) is 0 Å². The number of sulfonamides is 1. The Morgan fingerprint density at radius 2 is 1.68 bits per heavy atom. The highest BCUT2D eigenvalue weighted by atomic mass is 32.2. The SMILES string of the molecule is COc1ccc(-c2nc(C(F)(F)F)ccc2CNC(=O)C(C)c2ccc(CNS(C)(=O)=O)c(F)c2)cc1F. The maximum absolute atomic E-state index is 14.5. The Morgan fingerprint density at radius 1 is 1.00 bits per heavy atom. The fourth-order valence-corrected chi connectivity index (χ4v) is 3.94. The lowest BCUT2D eigenvalue weighted by Gasteiger charge is -2.17. The average molecular weight is 558 g/mol. The van der Waals surface area contributed by atoms with Crippen LogP contribution in [0.3, 0.4) is 0 Å². The van der Waals surface area contributed by atoms with Gasteiger partial charge in [0.25, 0.3) is 0 Å². The molecule has 0 aliphatic carbocycles. The zero-order chi connectivity index (χ0) is 28.3. The van der Waals surface area contributed by atoms with Gasteiger partial charge in [-0.25, -0.2) is 26.9 Å². The molecule has 0 aliphatic heterocycles. The van der Waals surface area contributed by atoms with E-state index in [0.717, 1.165) is 30.5 Å². The summed E-state index contributed by atoms with van der Waals surface area (Å²) in [5, 5.41) is 2.59. The summed E-state index contributed by atoms with van der Waals surface area (Å²) in [6, 6.07) is 9.41. The minimum absolute atomic E-state index is 0.0482. The van der Waals surface area contributed by atoms with E-state index in [0.29, 0.717) is 5.56 Å². The molecule has 2 N–H and O–H groups in total. The van der Waals surface area contributed by atoms with Gasteiger partial charge in [0.05, 0.1) is 25.0 Å². The molecule has 204 valence electrons. The summed E-state index contributed by atoms with van der Waals surface area (Å²) in [6.45, 7) is 1.00. The lowest BCUT2D eigenvalue weighted by atomic mass is 9.98. The third-order valence-corrected chi connectivity index (χ3v) is 6.31. The van der Waals surface area contributed by atoms with Gasteiger partial charge in [-0.3, -0.25) is 4.79 Å². The molecule has 0 aliphatic rings. The van der Waals surface area contributed by atoms with Crippen molar-refractivity contribution in [2.24, 2.45) is 0 Å². The largest absolute Gasteiger partial charge is 0.494 e. The van der Waals surface area contributed by atoms with Gasteiger partial charge in [0.1, 0.15) is 11.5 Å². The molecule has 0 fully saturated rings. The molecule has 1 atom stereocenters. The number of methoxy groups -OCH3 is 1. The van der Waals surface area contributed by atoms with E-state index in [2.05, 4.69) is 15.0 Å². The molecule has 3 aromatic rings. The summed E-state index contributed by atoms with van der Waals surface area (Å²) in [5.41, 5.74) is -0.746. The molecule has 3 rings (SSSR count). The summed E-state index contributed by atoms with van der Waals surface area (Å²) in [7, 11) is -2.28. The number of hydrogen-bond acceptors (Lipinski definition) is 5. The van der Waals surface area contributed by atoms with E-state index in [4.69, 9.17) is 4.74 Å². The first-order valence-electron chi connectivity index (χ1n) is 11.1. The molecule has 1 aromatic heterocycles. The zero-order valence-electron chi connectivity index (χ0n) is 20.5. The summed E-state index contributed by atoms with van der Waals surface area (Å²) in [6.07, 6.45) is -3.81. The van der Waals surface area contributed by atoms with Crippen LogP contribution in [0.15, 0.2) is 48.5 Å². The van der Waals surface area contributed by atoms with Gasteiger partial charge in [-0.15, -0.1) is 0 Å². The maximum Gasteiger partial charge on any atom is 0.433 e. The minimum atomic E-state index is -4.75. The van der Waals surface area contributed by atoms with Gasteiger partial charge < -0.3 is 10.1 Å². The number of hydrogen-bond donors (Lipinski definition) is 2. The Morgan fingerprint density at radius 3 is 2.26 bits per heavy atom. The second kappa shape index (κ2) is 11.4. The molecule has 38 heavy (non-hydrogen) atoms. The predicted octanol–water partition coefficient (Wildman–Crippen LogP) is 4.52. The van der Waals surface area contributed by atoms with Crippen LogP contribution in [0, 0.1) is 11.6 Å². The van der Waals surface area contributed by atoms with Crippen LogP contribution in [0.25, 0.3) is 11.3 Å². The van der Waals surface area contributed by atoms with Crippen LogP contribution < -0.4 is 14.8 Å². The van der Waals surface area contributed by atoms with E-state index >= 15 is 0 Å². The number of aromatic nitrogens is 1. The molecule has 2 aromatic carbocycles. The molecular weight excluding hydrogens is 533 g/mol. The number of carbonyl (C=O) groups is 1. The van der Waals surface area contributed by atoms with Crippen molar-refractivity contribution in [2.45, 2.75) is 32.1 Å². The van der Waals surface area contributed by atoms with Crippen LogP contribution in [0.4, 0.5) is 22.0 Å². The number of nitrogens with zero attached hydrogens (tertiary/aromatic N) is 1. The Balaban J connectivity index is 1.82. The smallest absolute Gasteiger partial charge is 0.433 e. The molecular formula is C25H24F5N3O4S. The van der Waals surface area contributed by atoms with Crippen molar-refractivity contribution >= 4 is 15.9 Å². The summed E-state index contributed by atoms with van der Waals surface area (Å²) in [4.78, 5) is 16.4. The normalized spacial score (nSPS) is 12.7. The zero-order valence-corrected chi connectivity index (χ0v) is 21.3. The molecule has 7 nitrogen and oxygen atoms in total. The summed E-state index contributed by atoms with van der Waals surface area (Å²) >= 11 is 0. The van der Waals surface area contributed by atoms with Crippen molar-refractivity contribution < 1.29 is 39.9 Å². The van der Waals surface area contributed by atoms with Gasteiger partial charge in [-0.1, -0.05) is 18.2 Å². The molecule has 1 unspecified atom stereocenters. The molecule has 0 spiro atoms. The van der Waals surface area contributed by atoms with Crippen LogP contribution >= 0.6 is 0 Å². The summed E-state index contributed by atoms with van der Waals surface area (Å²) in [5.74, 6) is -3.03. The number of carbonyl (C=O) groups excluding carboxylic acids is 1. The van der Waals surface area contributed by atoms with Crippen molar-refractivity contribution in [3.63, 3.8) is 0 Å². The van der Waals surface area contributed by atoms with Gasteiger partial charge in [0, 0.05) is 24.2 Å². The number of halogens is 5. The van der Waals surface area contributed by atoms with E-state index in [1.807, 2.05) is 0 Å². The van der Waals surface area contributed by atoms with Crippen molar-refractivity contribution in [3.05, 3.63) is 82.5 Å². The number of nitrogens with one attached hydrogen (secondary N) is 2. The molecule has 0 bridgehead atoms. The van der Waals surface area contributed by atoms with Crippen LogP contribution in [0.1, 0.15) is 35.2 Å². The molecule has 0 saturated heterocycles. The highest BCUT2D eigenvalue weighted by Crippen LogP contribution is 2.32. The Bertz CT molecular complexity index is 1450. The summed E-state index contributed by atoms with van der Waals surface area (Å²) < 4.78 is 98.1. The van der Waals surface area contributed by atoms with Gasteiger partial charge in [-0.05, 0) is 48.4 Å². The van der Waals surface area contributed by atoms with Crippen molar-refractivity contribution in [1.29, 1.82) is 0 Å². The van der Waals surface area contributed by atoms with E-state index in [9.17, 15) is 35.2 Å². The number of benzene rings is 2. The van der Waals surface area contributed by atoms with E-state index < -0.39 is 45.4 Å². The molecule has 1 amide bonds. The van der Waals surface area contributed by atoms with Crippen LogP contribution in [0.2, 0.25) is 0 Å².